The first-order valence-corrected chi connectivity index (χ1v) is 5.80. The van der Waals surface area contributed by atoms with E-state index >= 15 is 0 Å². The summed E-state index contributed by atoms with van der Waals surface area (Å²) in [5, 5.41) is 12.7. The molecule has 1 aromatic carbocycles. The lowest BCUT2D eigenvalue weighted by Crippen LogP contribution is -2.17. The Labute approximate surface area is 105 Å². The molecular weight excluding hydrogens is 242 g/mol. The van der Waals surface area contributed by atoms with Crippen LogP contribution in [0, 0.1) is 5.92 Å². The van der Waals surface area contributed by atoms with Crippen molar-refractivity contribution in [2.24, 2.45) is 5.92 Å². The zero-order valence-corrected chi connectivity index (χ0v) is 10.2. The van der Waals surface area contributed by atoms with Crippen molar-refractivity contribution in [1.82, 2.24) is 5.32 Å². The molecule has 4 nitrogen and oxygen atoms in total. The topological polar surface area (TPSA) is 58.6 Å². The van der Waals surface area contributed by atoms with E-state index in [1.54, 1.807) is 13.2 Å². The second-order valence-electron chi connectivity index (χ2n) is 4.10. The Kier molecular flexibility index (Phi) is 3.54. The van der Waals surface area contributed by atoms with Gasteiger partial charge in [-0.3, -0.25) is 4.79 Å². The van der Waals surface area contributed by atoms with Crippen LogP contribution in [0.5, 0.6) is 5.75 Å². The van der Waals surface area contributed by atoms with E-state index in [2.05, 4.69) is 5.32 Å². The summed E-state index contributed by atoms with van der Waals surface area (Å²) >= 11 is 6.20. The smallest absolute Gasteiger partial charge is 0.307 e. The minimum atomic E-state index is -0.765. The third-order valence-electron chi connectivity index (χ3n) is 3.07. The maximum Gasteiger partial charge on any atom is 0.307 e. The molecule has 0 spiro atoms. The molecule has 0 aromatic heterocycles. The van der Waals surface area contributed by atoms with Crippen LogP contribution in [0.3, 0.4) is 0 Å². The van der Waals surface area contributed by atoms with Crippen LogP contribution in [-0.2, 0) is 4.79 Å². The Hall–Kier alpha value is -1.26. The van der Waals surface area contributed by atoms with Gasteiger partial charge in [0.15, 0.2) is 0 Å². The average molecular weight is 256 g/mol. The largest absolute Gasteiger partial charge is 0.495 e. The van der Waals surface area contributed by atoms with Gasteiger partial charge in [-0.25, -0.2) is 0 Å². The first kappa shape index (κ1) is 12.2. The number of benzene rings is 1. The van der Waals surface area contributed by atoms with Gasteiger partial charge in [-0.05, 0) is 18.1 Å². The third kappa shape index (κ3) is 2.37. The van der Waals surface area contributed by atoms with Gasteiger partial charge in [-0.1, -0.05) is 23.7 Å². The van der Waals surface area contributed by atoms with Gasteiger partial charge in [-0.2, -0.15) is 0 Å². The molecule has 2 rings (SSSR count). The van der Waals surface area contributed by atoms with Crippen LogP contribution in [0.4, 0.5) is 0 Å². The highest BCUT2D eigenvalue weighted by Crippen LogP contribution is 2.36. The van der Waals surface area contributed by atoms with Gasteiger partial charge >= 0.3 is 5.97 Å². The van der Waals surface area contributed by atoms with Crippen LogP contribution in [0.1, 0.15) is 18.0 Å². The Balaban J connectivity index is 2.22. The molecular formula is C12H14ClNO3. The van der Waals surface area contributed by atoms with Gasteiger partial charge in [-0.15, -0.1) is 0 Å². The Morgan fingerprint density at radius 3 is 2.94 bits per heavy atom. The van der Waals surface area contributed by atoms with Gasteiger partial charge in [0.05, 0.1) is 18.1 Å². The van der Waals surface area contributed by atoms with E-state index < -0.39 is 5.97 Å². The Morgan fingerprint density at radius 2 is 2.35 bits per heavy atom. The minimum absolute atomic E-state index is 0.0151. The second-order valence-corrected chi connectivity index (χ2v) is 4.47. The van der Waals surface area contributed by atoms with Crippen LogP contribution in [0.25, 0.3) is 0 Å². The molecule has 2 N–H and O–H groups in total. The van der Waals surface area contributed by atoms with Gasteiger partial charge in [0.1, 0.15) is 5.75 Å². The highest BCUT2D eigenvalue weighted by Gasteiger charge is 2.31. The number of rotatable bonds is 3. The van der Waals surface area contributed by atoms with E-state index in [9.17, 15) is 4.79 Å². The predicted octanol–water partition coefficient (Wildman–Crippen LogP) is 2.08. The summed E-state index contributed by atoms with van der Waals surface area (Å²) in [6.45, 7) is 0.480. The molecule has 0 amide bonds. The molecule has 2 unspecified atom stereocenters. The maximum atomic E-state index is 10.9. The van der Waals surface area contributed by atoms with Gasteiger partial charge in [0.25, 0.3) is 0 Å². The molecule has 1 saturated heterocycles. The number of carboxylic acids is 1. The summed E-state index contributed by atoms with van der Waals surface area (Å²) in [5.74, 6) is -0.494. The molecule has 92 valence electrons. The lowest BCUT2D eigenvalue weighted by molar-refractivity contribution is -0.141. The van der Waals surface area contributed by atoms with E-state index in [-0.39, 0.29) is 12.0 Å². The molecule has 1 aliphatic heterocycles. The van der Waals surface area contributed by atoms with Crippen molar-refractivity contribution in [1.29, 1.82) is 0 Å². The zero-order chi connectivity index (χ0) is 12.4. The van der Waals surface area contributed by atoms with E-state index in [0.29, 0.717) is 23.7 Å². The molecule has 1 aromatic rings. The lowest BCUT2D eigenvalue weighted by Gasteiger charge is -2.14. The predicted molar refractivity (Wildman–Crippen MR) is 64.5 cm³/mol. The van der Waals surface area contributed by atoms with E-state index in [0.717, 1.165) is 5.56 Å². The monoisotopic (exact) mass is 255 g/mol. The maximum absolute atomic E-state index is 10.9. The van der Waals surface area contributed by atoms with Crippen molar-refractivity contribution >= 4 is 17.6 Å². The number of nitrogens with one attached hydrogen (secondary N) is 1. The molecule has 0 radical (unpaired) electrons. The first-order chi connectivity index (χ1) is 8.13. The van der Waals surface area contributed by atoms with Crippen LogP contribution >= 0.6 is 11.6 Å². The number of hydrogen-bond donors (Lipinski definition) is 2. The van der Waals surface area contributed by atoms with E-state index in [1.807, 2.05) is 12.1 Å². The van der Waals surface area contributed by atoms with E-state index in [1.165, 1.54) is 0 Å². The highest BCUT2D eigenvalue weighted by molar-refractivity contribution is 6.32. The minimum Gasteiger partial charge on any atom is -0.495 e. The van der Waals surface area contributed by atoms with Crippen LogP contribution in [-0.4, -0.2) is 24.7 Å². The van der Waals surface area contributed by atoms with Crippen molar-refractivity contribution in [3.63, 3.8) is 0 Å². The molecule has 1 fully saturated rings. The molecule has 0 bridgehead atoms. The van der Waals surface area contributed by atoms with Crippen LogP contribution in [0.2, 0.25) is 5.02 Å². The van der Waals surface area contributed by atoms with Gasteiger partial charge in [0, 0.05) is 12.6 Å². The number of ether oxygens (including phenoxy) is 1. The highest BCUT2D eigenvalue weighted by atomic mass is 35.5. The standard InChI is InChI=1S/C12H14ClNO3/c1-17-10-4-2-3-8(11(10)13)9-5-7(6-14-9)12(15)16/h2-4,7,9,14H,5-6H2,1H3,(H,15,16). The van der Waals surface area contributed by atoms with Crippen molar-refractivity contribution in [3.8, 4) is 5.75 Å². The first-order valence-electron chi connectivity index (χ1n) is 5.42. The SMILES string of the molecule is COc1cccc(C2CC(C(=O)O)CN2)c1Cl. The number of hydrogen-bond acceptors (Lipinski definition) is 3. The van der Waals surface area contributed by atoms with Crippen molar-refractivity contribution < 1.29 is 14.6 Å². The molecule has 0 aliphatic carbocycles. The quantitative estimate of drug-likeness (QED) is 0.868. The van der Waals surface area contributed by atoms with Crippen LogP contribution < -0.4 is 10.1 Å². The number of methoxy groups -OCH3 is 1. The van der Waals surface area contributed by atoms with Gasteiger partial charge in [0.2, 0.25) is 0 Å². The molecule has 2 atom stereocenters. The lowest BCUT2D eigenvalue weighted by atomic mass is 10.00. The fraction of sp³-hybridized carbons (Fsp3) is 0.417. The number of halogens is 1. The summed E-state index contributed by atoms with van der Waals surface area (Å²) in [6.07, 6.45) is 0.558. The van der Waals surface area contributed by atoms with Crippen LogP contribution in [0.15, 0.2) is 18.2 Å². The summed E-state index contributed by atoms with van der Waals surface area (Å²) in [6, 6.07) is 5.52. The Bertz CT molecular complexity index is 436. The van der Waals surface area contributed by atoms with Crippen molar-refractivity contribution in [2.75, 3.05) is 13.7 Å². The second kappa shape index (κ2) is 4.94. The average Bonchev–Trinajstić information content (AvgIpc) is 2.78. The third-order valence-corrected chi connectivity index (χ3v) is 3.47. The summed E-state index contributed by atoms with van der Waals surface area (Å²) in [7, 11) is 1.56. The van der Waals surface area contributed by atoms with Gasteiger partial charge < -0.3 is 15.2 Å². The summed E-state index contributed by atoms with van der Waals surface area (Å²) < 4.78 is 5.14. The molecule has 1 heterocycles. The summed E-state index contributed by atoms with van der Waals surface area (Å²) in [4.78, 5) is 10.9. The molecule has 1 aliphatic rings. The van der Waals surface area contributed by atoms with Crippen molar-refractivity contribution in [2.45, 2.75) is 12.5 Å². The summed E-state index contributed by atoms with van der Waals surface area (Å²) in [5.41, 5.74) is 0.898. The number of carboxylic acid groups (broad SMARTS) is 1. The molecule has 17 heavy (non-hydrogen) atoms. The fourth-order valence-corrected chi connectivity index (χ4v) is 2.45. The molecule has 5 heteroatoms. The number of carbonyl (C=O) groups is 1. The van der Waals surface area contributed by atoms with E-state index in [4.69, 9.17) is 21.4 Å². The van der Waals surface area contributed by atoms with Crippen molar-refractivity contribution in [3.05, 3.63) is 28.8 Å². The normalized spacial score (nSPS) is 23.6. The zero-order valence-electron chi connectivity index (χ0n) is 9.44. The molecule has 0 saturated carbocycles. The fourth-order valence-electron chi connectivity index (χ4n) is 2.12. The number of aliphatic carboxylic acids is 1. The Morgan fingerprint density at radius 1 is 1.59 bits per heavy atom.